The molecule has 98 valence electrons. The summed E-state index contributed by atoms with van der Waals surface area (Å²) < 4.78 is 0. The molecule has 1 aliphatic rings. The van der Waals surface area contributed by atoms with Crippen LogP contribution in [0, 0.1) is 0 Å². The molecule has 0 unspecified atom stereocenters. The number of phenols is 1. The maximum atomic E-state index is 10.1. The second-order valence-electron chi connectivity index (χ2n) is 5.47. The lowest BCUT2D eigenvalue weighted by Crippen LogP contribution is -2.16. The van der Waals surface area contributed by atoms with Gasteiger partial charge in [-0.2, -0.15) is 0 Å². The minimum absolute atomic E-state index is 0.454. The minimum Gasteiger partial charge on any atom is -0.508 e. The van der Waals surface area contributed by atoms with Crippen LogP contribution in [0.1, 0.15) is 48.6 Å². The van der Waals surface area contributed by atoms with E-state index in [-0.39, 0.29) is 0 Å². The van der Waals surface area contributed by atoms with Gasteiger partial charge in [0.1, 0.15) is 5.75 Å². The lowest BCUT2D eigenvalue weighted by molar-refractivity contribution is 0.371. The van der Waals surface area contributed by atoms with E-state index in [1.807, 2.05) is 18.2 Å². The molecule has 1 aliphatic carbocycles. The highest BCUT2D eigenvalue weighted by Crippen LogP contribution is 2.46. The topological polar surface area (TPSA) is 20.2 Å². The summed E-state index contributed by atoms with van der Waals surface area (Å²) in [5.41, 5.74) is 2.53. The molecule has 0 spiro atoms. The fourth-order valence-electron chi connectivity index (χ4n) is 3.40. The zero-order valence-electron chi connectivity index (χ0n) is 11.1. The smallest absolute Gasteiger partial charge is 0.119 e. The van der Waals surface area contributed by atoms with Gasteiger partial charge in [0.15, 0.2) is 0 Å². The van der Waals surface area contributed by atoms with Gasteiger partial charge in [-0.15, -0.1) is 0 Å². The van der Waals surface area contributed by atoms with Crippen molar-refractivity contribution in [3.8, 4) is 5.75 Å². The van der Waals surface area contributed by atoms with Crippen LogP contribution in [0.4, 0.5) is 0 Å². The van der Waals surface area contributed by atoms with Gasteiger partial charge in [-0.05, 0) is 41.9 Å². The number of hydrogen-bond donors (Lipinski definition) is 1. The summed E-state index contributed by atoms with van der Waals surface area (Å²) >= 11 is 0. The predicted octanol–water partition coefficient (Wildman–Crippen LogP) is 4.83. The molecular formula is C18H20O. The van der Waals surface area contributed by atoms with E-state index in [0.717, 1.165) is 5.56 Å². The number of benzene rings is 2. The van der Waals surface area contributed by atoms with E-state index >= 15 is 0 Å². The Morgan fingerprint density at radius 1 is 0.737 bits per heavy atom. The first-order valence-electron chi connectivity index (χ1n) is 7.19. The fourth-order valence-corrected chi connectivity index (χ4v) is 3.40. The molecule has 1 fully saturated rings. The zero-order valence-corrected chi connectivity index (χ0v) is 11.1. The van der Waals surface area contributed by atoms with Crippen LogP contribution < -0.4 is 0 Å². The van der Waals surface area contributed by atoms with Crippen molar-refractivity contribution in [3.05, 3.63) is 65.7 Å². The molecule has 3 rings (SSSR count). The van der Waals surface area contributed by atoms with Gasteiger partial charge < -0.3 is 5.11 Å². The normalized spacial score (nSPS) is 23.2. The third-order valence-corrected chi connectivity index (χ3v) is 4.33. The summed E-state index contributed by atoms with van der Waals surface area (Å²) in [6, 6.07) is 18.6. The molecule has 0 radical (unpaired) electrons. The van der Waals surface area contributed by atoms with Crippen LogP contribution >= 0.6 is 0 Å². The molecule has 2 atom stereocenters. The summed E-state index contributed by atoms with van der Waals surface area (Å²) in [5.74, 6) is 1.45. The van der Waals surface area contributed by atoms with Crippen molar-refractivity contribution in [2.24, 2.45) is 0 Å². The molecule has 1 N–H and O–H groups in total. The highest BCUT2D eigenvalue weighted by Gasteiger charge is 2.29. The van der Waals surface area contributed by atoms with Crippen molar-refractivity contribution in [1.29, 1.82) is 0 Å². The average molecular weight is 252 g/mol. The highest BCUT2D eigenvalue weighted by atomic mass is 16.3. The Balaban J connectivity index is 1.96. The molecule has 1 heteroatoms. The van der Waals surface area contributed by atoms with Crippen LogP contribution in [-0.2, 0) is 0 Å². The Bertz CT molecular complexity index is 532. The first-order chi connectivity index (χ1) is 9.36. The lowest BCUT2D eigenvalue weighted by Gasteiger charge is -2.32. The summed E-state index contributed by atoms with van der Waals surface area (Å²) in [6.45, 7) is 0. The van der Waals surface area contributed by atoms with Gasteiger partial charge in [-0.3, -0.25) is 0 Å². The molecule has 2 aromatic rings. The third-order valence-electron chi connectivity index (χ3n) is 4.33. The summed E-state index contributed by atoms with van der Waals surface area (Å²) in [6.07, 6.45) is 4.96. The van der Waals surface area contributed by atoms with Crippen LogP contribution in [0.25, 0.3) is 0 Å². The first-order valence-corrected chi connectivity index (χ1v) is 7.19. The minimum atomic E-state index is 0.454. The molecule has 0 bridgehead atoms. The van der Waals surface area contributed by atoms with E-state index in [9.17, 15) is 5.11 Å². The maximum absolute atomic E-state index is 10.1. The number of aromatic hydroxyl groups is 1. The van der Waals surface area contributed by atoms with Crippen LogP contribution in [0.2, 0.25) is 0 Å². The Morgan fingerprint density at radius 3 is 2.11 bits per heavy atom. The molecule has 0 saturated heterocycles. The van der Waals surface area contributed by atoms with E-state index in [0.29, 0.717) is 17.6 Å². The van der Waals surface area contributed by atoms with Crippen molar-refractivity contribution in [1.82, 2.24) is 0 Å². The lowest BCUT2D eigenvalue weighted by atomic mass is 9.72. The van der Waals surface area contributed by atoms with E-state index < -0.39 is 0 Å². The molecular weight excluding hydrogens is 232 g/mol. The quantitative estimate of drug-likeness (QED) is 0.811. The molecule has 19 heavy (non-hydrogen) atoms. The zero-order chi connectivity index (χ0) is 13.1. The SMILES string of the molecule is Oc1ccccc1[C@H]1CCCC[C@@H]1c1ccccc1. The second-order valence-corrected chi connectivity index (χ2v) is 5.47. The van der Waals surface area contributed by atoms with Gasteiger partial charge in [0, 0.05) is 0 Å². The monoisotopic (exact) mass is 252 g/mol. The van der Waals surface area contributed by atoms with E-state index in [1.165, 1.54) is 31.2 Å². The summed E-state index contributed by atoms with van der Waals surface area (Å²) in [4.78, 5) is 0. The van der Waals surface area contributed by atoms with Crippen molar-refractivity contribution in [3.63, 3.8) is 0 Å². The van der Waals surface area contributed by atoms with Crippen LogP contribution in [0.5, 0.6) is 5.75 Å². The summed E-state index contributed by atoms with van der Waals surface area (Å²) in [7, 11) is 0. The van der Waals surface area contributed by atoms with Gasteiger partial charge >= 0.3 is 0 Å². The van der Waals surface area contributed by atoms with Gasteiger partial charge in [-0.25, -0.2) is 0 Å². The third kappa shape index (κ3) is 2.51. The fraction of sp³-hybridized carbons (Fsp3) is 0.333. The van der Waals surface area contributed by atoms with Crippen LogP contribution in [0.3, 0.4) is 0 Å². The standard InChI is InChI=1S/C18H20O/c19-18-13-7-6-12-17(18)16-11-5-4-10-15(16)14-8-2-1-3-9-14/h1-3,6-9,12-13,15-16,19H,4-5,10-11H2/t15-,16+/m1/s1. The van der Waals surface area contributed by atoms with Gasteiger partial charge in [0.05, 0.1) is 0 Å². The molecule has 0 aliphatic heterocycles. The van der Waals surface area contributed by atoms with Crippen molar-refractivity contribution >= 4 is 0 Å². The molecule has 1 nitrogen and oxygen atoms in total. The Morgan fingerprint density at radius 2 is 1.37 bits per heavy atom. The maximum Gasteiger partial charge on any atom is 0.119 e. The first kappa shape index (κ1) is 12.3. The van der Waals surface area contributed by atoms with Crippen LogP contribution in [-0.4, -0.2) is 5.11 Å². The molecule has 0 heterocycles. The van der Waals surface area contributed by atoms with E-state index in [1.54, 1.807) is 0 Å². The molecule has 1 saturated carbocycles. The van der Waals surface area contributed by atoms with Crippen molar-refractivity contribution < 1.29 is 5.11 Å². The van der Waals surface area contributed by atoms with E-state index in [2.05, 4.69) is 36.4 Å². The number of para-hydroxylation sites is 1. The van der Waals surface area contributed by atoms with Crippen molar-refractivity contribution in [2.45, 2.75) is 37.5 Å². The highest BCUT2D eigenvalue weighted by molar-refractivity contribution is 5.38. The van der Waals surface area contributed by atoms with Gasteiger partial charge in [0.25, 0.3) is 0 Å². The molecule has 0 amide bonds. The number of phenolic OH excluding ortho intramolecular Hbond substituents is 1. The average Bonchev–Trinajstić information content (AvgIpc) is 2.49. The Labute approximate surface area is 114 Å². The largest absolute Gasteiger partial charge is 0.508 e. The predicted molar refractivity (Wildman–Crippen MR) is 78.5 cm³/mol. The van der Waals surface area contributed by atoms with Gasteiger partial charge in [-0.1, -0.05) is 61.4 Å². The van der Waals surface area contributed by atoms with Crippen LogP contribution in [0.15, 0.2) is 54.6 Å². The molecule has 0 aromatic heterocycles. The van der Waals surface area contributed by atoms with E-state index in [4.69, 9.17) is 0 Å². The molecule has 2 aromatic carbocycles. The number of hydrogen-bond acceptors (Lipinski definition) is 1. The van der Waals surface area contributed by atoms with Crippen molar-refractivity contribution in [2.75, 3.05) is 0 Å². The Kier molecular flexibility index (Phi) is 3.54. The summed E-state index contributed by atoms with van der Waals surface area (Å²) in [5, 5.41) is 10.1. The Hall–Kier alpha value is -1.76. The number of rotatable bonds is 2. The second kappa shape index (κ2) is 5.48. The van der Waals surface area contributed by atoms with Gasteiger partial charge in [0.2, 0.25) is 0 Å².